The van der Waals surface area contributed by atoms with Crippen molar-refractivity contribution < 1.29 is 9.50 Å². The second kappa shape index (κ2) is 5.49. The van der Waals surface area contributed by atoms with Gasteiger partial charge in [0.2, 0.25) is 0 Å². The van der Waals surface area contributed by atoms with Crippen LogP contribution in [0.1, 0.15) is 25.8 Å². The van der Waals surface area contributed by atoms with E-state index >= 15 is 0 Å². The number of hydrogen-bond acceptors (Lipinski definition) is 3. The average molecular weight is 269 g/mol. The summed E-state index contributed by atoms with van der Waals surface area (Å²) in [4.78, 5) is 2.21. The zero-order valence-corrected chi connectivity index (χ0v) is 11.8. The SMILES string of the molecule is CC1(C)CCN(c2cc(F)cc(CO)c2)CCS1. The summed E-state index contributed by atoms with van der Waals surface area (Å²) in [6.07, 6.45) is 1.09. The molecule has 2 nitrogen and oxygen atoms in total. The van der Waals surface area contributed by atoms with E-state index < -0.39 is 0 Å². The number of aliphatic hydroxyl groups is 1. The van der Waals surface area contributed by atoms with Crippen LogP contribution < -0.4 is 4.90 Å². The normalized spacial score (nSPS) is 19.7. The fraction of sp³-hybridized carbons (Fsp3) is 0.571. The van der Waals surface area contributed by atoms with E-state index in [4.69, 9.17) is 5.11 Å². The molecule has 0 aliphatic carbocycles. The van der Waals surface area contributed by atoms with Gasteiger partial charge < -0.3 is 10.0 Å². The van der Waals surface area contributed by atoms with E-state index in [2.05, 4.69) is 18.7 Å². The highest BCUT2D eigenvalue weighted by atomic mass is 32.2. The Morgan fingerprint density at radius 2 is 2.11 bits per heavy atom. The highest BCUT2D eigenvalue weighted by Crippen LogP contribution is 2.32. The first-order valence-electron chi connectivity index (χ1n) is 6.29. The number of benzene rings is 1. The summed E-state index contributed by atoms with van der Waals surface area (Å²) in [6.45, 7) is 6.27. The monoisotopic (exact) mass is 269 g/mol. The van der Waals surface area contributed by atoms with Crippen molar-refractivity contribution in [3.05, 3.63) is 29.6 Å². The van der Waals surface area contributed by atoms with Gasteiger partial charge >= 0.3 is 0 Å². The molecule has 0 unspecified atom stereocenters. The summed E-state index contributed by atoms with van der Waals surface area (Å²) in [5, 5.41) is 9.13. The van der Waals surface area contributed by atoms with E-state index in [1.165, 1.54) is 6.07 Å². The van der Waals surface area contributed by atoms with Crippen molar-refractivity contribution in [3.63, 3.8) is 0 Å². The number of halogens is 1. The number of nitrogens with zero attached hydrogens (tertiary/aromatic N) is 1. The second-order valence-electron chi connectivity index (χ2n) is 5.32. The lowest BCUT2D eigenvalue weighted by molar-refractivity contribution is 0.281. The lowest BCUT2D eigenvalue weighted by atomic mass is 10.1. The van der Waals surface area contributed by atoms with Crippen molar-refractivity contribution >= 4 is 17.4 Å². The Hall–Kier alpha value is -0.740. The van der Waals surface area contributed by atoms with Crippen LogP contribution in [0.25, 0.3) is 0 Å². The summed E-state index contributed by atoms with van der Waals surface area (Å²) in [6, 6.07) is 4.83. The molecule has 1 aromatic rings. The van der Waals surface area contributed by atoms with Gasteiger partial charge in [0.05, 0.1) is 6.61 Å². The van der Waals surface area contributed by atoms with E-state index in [9.17, 15) is 4.39 Å². The van der Waals surface area contributed by atoms with E-state index in [-0.39, 0.29) is 12.4 Å². The van der Waals surface area contributed by atoms with E-state index in [1.54, 1.807) is 6.07 Å². The topological polar surface area (TPSA) is 23.5 Å². The Morgan fingerprint density at radius 1 is 1.33 bits per heavy atom. The van der Waals surface area contributed by atoms with Crippen LogP contribution in [0, 0.1) is 5.82 Å². The molecule has 100 valence electrons. The van der Waals surface area contributed by atoms with Crippen LogP contribution >= 0.6 is 11.8 Å². The molecule has 0 amide bonds. The summed E-state index contributed by atoms with van der Waals surface area (Å²) >= 11 is 1.97. The molecule has 0 radical (unpaired) electrons. The molecular weight excluding hydrogens is 249 g/mol. The molecule has 1 aromatic carbocycles. The van der Waals surface area contributed by atoms with Crippen LogP contribution in [0.3, 0.4) is 0 Å². The molecule has 0 bridgehead atoms. The molecule has 0 saturated carbocycles. The highest BCUT2D eigenvalue weighted by molar-refractivity contribution is 8.00. The van der Waals surface area contributed by atoms with Crippen molar-refractivity contribution in [2.24, 2.45) is 0 Å². The maximum Gasteiger partial charge on any atom is 0.125 e. The predicted molar refractivity (Wildman–Crippen MR) is 75.7 cm³/mol. The third kappa shape index (κ3) is 3.39. The van der Waals surface area contributed by atoms with E-state index in [0.717, 1.165) is 31.0 Å². The van der Waals surface area contributed by atoms with Crippen LogP contribution in [-0.2, 0) is 6.61 Å². The quantitative estimate of drug-likeness (QED) is 0.892. The van der Waals surface area contributed by atoms with Gasteiger partial charge in [-0.1, -0.05) is 13.8 Å². The minimum atomic E-state index is -0.271. The summed E-state index contributed by atoms with van der Waals surface area (Å²) in [7, 11) is 0. The summed E-state index contributed by atoms with van der Waals surface area (Å²) in [5.74, 6) is 0.783. The lowest BCUT2D eigenvalue weighted by Crippen LogP contribution is -2.27. The molecule has 0 aromatic heterocycles. The second-order valence-corrected chi connectivity index (χ2v) is 7.12. The van der Waals surface area contributed by atoms with Crippen molar-refractivity contribution in [3.8, 4) is 0 Å². The molecule has 0 atom stereocenters. The molecular formula is C14H20FNOS. The van der Waals surface area contributed by atoms with Crippen LogP contribution in [0.4, 0.5) is 10.1 Å². The lowest BCUT2D eigenvalue weighted by Gasteiger charge is -2.24. The molecule has 1 aliphatic rings. The fourth-order valence-corrected chi connectivity index (χ4v) is 3.29. The average Bonchev–Trinajstić information content (AvgIpc) is 2.49. The number of hydrogen-bond donors (Lipinski definition) is 1. The Balaban J connectivity index is 2.18. The van der Waals surface area contributed by atoms with Crippen LogP contribution in [0.15, 0.2) is 18.2 Å². The van der Waals surface area contributed by atoms with Gasteiger partial charge in [0.15, 0.2) is 0 Å². The Bertz CT molecular complexity index is 422. The van der Waals surface area contributed by atoms with Gasteiger partial charge in [0, 0.05) is 29.3 Å². The molecule has 1 heterocycles. The van der Waals surface area contributed by atoms with Gasteiger partial charge in [-0.15, -0.1) is 0 Å². The van der Waals surface area contributed by atoms with Gasteiger partial charge in [-0.2, -0.15) is 11.8 Å². The van der Waals surface area contributed by atoms with Gasteiger partial charge in [0.25, 0.3) is 0 Å². The number of rotatable bonds is 2. The molecule has 0 spiro atoms. The van der Waals surface area contributed by atoms with Crippen LogP contribution in [0.2, 0.25) is 0 Å². The summed E-state index contributed by atoms with van der Waals surface area (Å²) < 4.78 is 13.8. The minimum Gasteiger partial charge on any atom is -0.392 e. The van der Waals surface area contributed by atoms with Crippen LogP contribution in [-0.4, -0.2) is 28.7 Å². The molecule has 1 aliphatic heterocycles. The van der Waals surface area contributed by atoms with Crippen molar-refractivity contribution in [1.29, 1.82) is 0 Å². The fourth-order valence-electron chi connectivity index (χ4n) is 2.19. The maximum atomic E-state index is 13.5. The Kier molecular flexibility index (Phi) is 4.17. The predicted octanol–water partition coefficient (Wildman–Crippen LogP) is 3.04. The van der Waals surface area contributed by atoms with Crippen molar-refractivity contribution in [1.82, 2.24) is 0 Å². The maximum absolute atomic E-state index is 13.5. The molecule has 2 rings (SSSR count). The minimum absolute atomic E-state index is 0.112. The van der Waals surface area contributed by atoms with E-state index in [0.29, 0.717) is 10.3 Å². The first kappa shape index (κ1) is 13.7. The first-order valence-corrected chi connectivity index (χ1v) is 7.28. The molecule has 4 heteroatoms. The van der Waals surface area contributed by atoms with Crippen LogP contribution in [0.5, 0.6) is 0 Å². The molecule has 1 saturated heterocycles. The van der Waals surface area contributed by atoms with Crippen molar-refractivity contribution in [2.75, 3.05) is 23.7 Å². The van der Waals surface area contributed by atoms with Gasteiger partial charge in [-0.3, -0.25) is 0 Å². The third-order valence-corrected chi connectivity index (χ3v) is 4.70. The zero-order valence-electron chi connectivity index (χ0n) is 10.9. The number of aliphatic hydroxyl groups excluding tert-OH is 1. The largest absolute Gasteiger partial charge is 0.392 e. The zero-order chi connectivity index (χ0) is 13.2. The highest BCUT2D eigenvalue weighted by Gasteiger charge is 2.24. The van der Waals surface area contributed by atoms with Crippen molar-refractivity contribution in [2.45, 2.75) is 31.6 Å². The number of anilines is 1. The molecule has 1 N–H and O–H groups in total. The Morgan fingerprint density at radius 3 is 2.83 bits per heavy atom. The van der Waals surface area contributed by atoms with Gasteiger partial charge in [-0.25, -0.2) is 4.39 Å². The van der Waals surface area contributed by atoms with E-state index in [1.807, 2.05) is 17.8 Å². The first-order chi connectivity index (χ1) is 8.50. The summed E-state index contributed by atoms with van der Waals surface area (Å²) in [5.41, 5.74) is 1.53. The van der Waals surface area contributed by atoms with Gasteiger partial charge in [-0.05, 0) is 30.2 Å². The standard InChI is InChI=1S/C14H20FNOS/c1-14(2)3-4-16(5-6-18-14)13-8-11(10-17)7-12(15)9-13/h7-9,17H,3-6,10H2,1-2H3. The molecule has 1 fully saturated rings. The Labute approximate surface area is 112 Å². The smallest absolute Gasteiger partial charge is 0.125 e. The third-order valence-electron chi connectivity index (χ3n) is 3.33. The number of thioether (sulfide) groups is 1. The molecule has 18 heavy (non-hydrogen) atoms. The van der Waals surface area contributed by atoms with Gasteiger partial charge in [0.1, 0.15) is 5.82 Å².